The van der Waals surface area contributed by atoms with E-state index in [1.165, 1.54) is 31.7 Å². The van der Waals surface area contributed by atoms with Crippen LogP contribution < -0.4 is 10.6 Å². The van der Waals surface area contributed by atoms with Crippen molar-refractivity contribution in [3.8, 4) is 0 Å². The summed E-state index contributed by atoms with van der Waals surface area (Å²) in [4.78, 5) is 17.9. The first-order valence-electron chi connectivity index (χ1n) is 9.50. The molecule has 1 aromatic carbocycles. The quantitative estimate of drug-likeness (QED) is 0.604. The fourth-order valence-electron chi connectivity index (χ4n) is 4.06. The lowest BCUT2D eigenvalue weighted by Gasteiger charge is -2.25. The molecule has 2 bridgehead atoms. The van der Waals surface area contributed by atoms with Gasteiger partial charge >= 0.3 is 0 Å². The van der Waals surface area contributed by atoms with Crippen LogP contribution in [0.25, 0.3) is 0 Å². The Kier molecular flexibility index (Phi) is 6.12. The minimum Gasteiger partial charge on any atom is -0.356 e. The maximum absolute atomic E-state index is 13.3. The molecule has 1 aromatic rings. The van der Waals surface area contributed by atoms with E-state index in [2.05, 4.69) is 15.6 Å². The Hall–Kier alpha value is -2.11. The molecule has 5 nitrogen and oxygen atoms in total. The number of amides is 1. The Balaban J connectivity index is 1.56. The summed E-state index contributed by atoms with van der Waals surface area (Å²) < 4.78 is 13.3. The summed E-state index contributed by atoms with van der Waals surface area (Å²) in [6.07, 6.45) is 5.84. The fourth-order valence-corrected chi connectivity index (χ4v) is 4.06. The molecule has 0 radical (unpaired) electrons. The lowest BCUT2D eigenvalue weighted by Crippen LogP contribution is -2.46. The van der Waals surface area contributed by atoms with Crippen molar-refractivity contribution in [2.24, 2.45) is 16.8 Å². The summed E-state index contributed by atoms with van der Waals surface area (Å²) in [5, 5.41) is 6.85. The van der Waals surface area contributed by atoms with Crippen molar-refractivity contribution < 1.29 is 9.18 Å². The Morgan fingerprint density at radius 3 is 2.81 bits per heavy atom. The van der Waals surface area contributed by atoms with Crippen LogP contribution >= 0.6 is 0 Å². The maximum atomic E-state index is 13.3. The number of nitrogens with zero attached hydrogens (tertiary/aromatic N) is 2. The molecule has 2 aliphatic carbocycles. The van der Waals surface area contributed by atoms with Gasteiger partial charge in [0, 0.05) is 26.7 Å². The largest absolute Gasteiger partial charge is 0.356 e. The number of carbonyl (C=O) groups is 1. The number of likely N-dealkylation sites (N-methyl/N-ethyl adjacent to an activating group) is 1. The molecule has 0 aliphatic heterocycles. The minimum absolute atomic E-state index is 0.0239. The van der Waals surface area contributed by atoms with E-state index in [4.69, 9.17) is 0 Å². The molecule has 2 fully saturated rings. The first-order chi connectivity index (χ1) is 12.5. The number of hydrogen-bond donors (Lipinski definition) is 2. The molecule has 6 heteroatoms. The topological polar surface area (TPSA) is 56.7 Å². The zero-order valence-electron chi connectivity index (χ0n) is 15.7. The van der Waals surface area contributed by atoms with E-state index in [-0.39, 0.29) is 18.3 Å². The summed E-state index contributed by atoms with van der Waals surface area (Å²) in [7, 11) is 3.47. The third kappa shape index (κ3) is 4.96. The molecule has 3 atom stereocenters. The van der Waals surface area contributed by atoms with Crippen molar-refractivity contribution in [3.05, 3.63) is 35.6 Å². The third-order valence-electron chi connectivity index (χ3n) is 5.53. The Morgan fingerprint density at radius 1 is 1.31 bits per heavy atom. The average Bonchev–Trinajstić information content (AvgIpc) is 3.22. The minimum atomic E-state index is -0.215. The average molecular weight is 360 g/mol. The van der Waals surface area contributed by atoms with Crippen LogP contribution in [0.1, 0.15) is 31.2 Å². The van der Waals surface area contributed by atoms with E-state index in [0.29, 0.717) is 25.0 Å². The Labute approximate surface area is 155 Å². The molecule has 26 heavy (non-hydrogen) atoms. The number of guanidine groups is 1. The van der Waals surface area contributed by atoms with Crippen molar-refractivity contribution in [2.75, 3.05) is 27.2 Å². The molecule has 0 aromatic heterocycles. The normalized spacial score (nSPS) is 24.6. The molecule has 0 saturated heterocycles. The van der Waals surface area contributed by atoms with Gasteiger partial charge in [0.05, 0.1) is 0 Å². The first kappa shape index (κ1) is 18.7. The van der Waals surface area contributed by atoms with Gasteiger partial charge in [-0.2, -0.15) is 0 Å². The van der Waals surface area contributed by atoms with Crippen LogP contribution in [-0.4, -0.2) is 50.0 Å². The predicted molar refractivity (Wildman–Crippen MR) is 101 cm³/mol. The smallest absolute Gasteiger partial charge is 0.243 e. The van der Waals surface area contributed by atoms with Gasteiger partial charge < -0.3 is 15.5 Å². The Morgan fingerprint density at radius 2 is 2.15 bits per heavy atom. The van der Waals surface area contributed by atoms with Gasteiger partial charge in [-0.05, 0) is 55.2 Å². The second-order valence-electron chi connectivity index (χ2n) is 7.69. The third-order valence-corrected chi connectivity index (χ3v) is 5.53. The standard InChI is InChI=1S/C20H29FN4O/c1-25(2)19(26)13-23-20(24-18-12-15-6-7-16(18)10-15)22-9-8-14-4-3-5-17(21)11-14/h3-5,11,15-16,18H,6-10,12-13H2,1-2H3,(H2,22,23,24). The summed E-state index contributed by atoms with van der Waals surface area (Å²) in [6.45, 7) is 0.773. The van der Waals surface area contributed by atoms with Crippen LogP contribution in [0.4, 0.5) is 4.39 Å². The number of rotatable bonds is 6. The van der Waals surface area contributed by atoms with Crippen molar-refractivity contribution in [2.45, 2.75) is 38.1 Å². The molecular formula is C20H29FN4O. The zero-order valence-corrected chi connectivity index (χ0v) is 15.7. The van der Waals surface area contributed by atoms with Crippen molar-refractivity contribution in [1.82, 2.24) is 15.5 Å². The number of fused-ring (bicyclic) bond motifs is 2. The summed E-state index contributed by atoms with van der Waals surface area (Å²) in [5.41, 5.74) is 0.946. The van der Waals surface area contributed by atoms with Gasteiger partial charge in [-0.25, -0.2) is 9.38 Å². The molecule has 1 amide bonds. The van der Waals surface area contributed by atoms with Gasteiger partial charge in [-0.3, -0.25) is 4.79 Å². The van der Waals surface area contributed by atoms with Crippen LogP contribution in [0.15, 0.2) is 29.3 Å². The number of halogens is 1. The van der Waals surface area contributed by atoms with Crippen molar-refractivity contribution in [3.63, 3.8) is 0 Å². The van der Waals surface area contributed by atoms with E-state index in [1.807, 2.05) is 6.07 Å². The lowest BCUT2D eigenvalue weighted by molar-refractivity contribution is -0.127. The van der Waals surface area contributed by atoms with Crippen molar-refractivity contribution in [1.29, 1.82) is 0 Å². The second-order valence-corrected chi connectivity index (χ2v) is 7.69. The molecular weight excluding hydrogens is 331 g/mol. The van der Waals surface area contributed by atoms with Crippen LogP contribution in [0.2, 0.25) is 0 Å². The van der Waals surface area contributed by atoms with Gasteiger partial charge in [-0.1, -0.05) is 18.6 Å². The number of carbonyl (C=O) groups excluding carboxylic acids is 1. The Bertz CT molecular complexity index is 661. The van der Waals surface area contributed by atoms with Crippen LogP contribution in [-0.2, 0) is 11.2 Å². The van der Waals surface area contributed by atoms with E-state index in [1.54, 1.807) is 31.1 Å². The number of aliphatic imine (C=N–C) groups is 1. The highest BCUT2D eigenvalue weighted by atomic mass is 19.1. The van der Waals surface area contributed by atoms with Crippen molar-refractivity contribution >= 4 is 11.9 Å². The lowest BCUT2D eigenvalue weighted by atomic mass is 9.95. The molecule has 2 N–H and O–H groups in total. The highest BCUT2D eigenvalue weighted by Crippen LogP contribution is 2.44. The van der Waals surface area contributed by atoms with Gasteiger partial charge in [0.1, 0.15) is 12.4 Å². The van der Waals surface area contributed by atoms with Gasteiger partial charge in [-0.15, -0.1) is 0 Å². The molecule has 2 aliphatic rings. The van der Waals surface area contributed by atoms with Gasteiger partial charge in [0.2, 0.25) is 5.91 Å². The van der Waals surface area contributed by atoms with E-state index < -0.39 is 0 Å². The molecule has 3 rings (SSSR count). The zero-order chi connectivity index (χ0) is 18.5. The molecule has 0 heterocycles. The first-order valence-corrected chi connectivity index (χ1v) is 9.50. The maximum Gasteiger partial charge on any atom is 0.243 e. The SMILES string of the molecule is CN(C)C(=O)CN=C(NCCc1cccc(F)c1)NC1CC2CCC1C2. The predicted octanol–water partition coefficient (Wildman–Crippen LogP) is 2.18. The van der Waals surface area contributed by atoms with Crippen LogP contribution in [0.3, 0.4) is 0 Å². The molecule has 0 spiro atoms. The van der Waals surface area contributed by atoms with Gasteiger partial charge in [0.25, 0.3) is 0 Å². The monoisotopic (exact) mass is 360 g/mol. The van der Waals surface area contributed by atoms with E-state index in [9.17, 15) is 9.18 Å². The van der Waals surface area contributed by atoms with Crippen LogP contribution in [0.5, 0.6) is 0 Å². The number of benzene rings is 1. The second kappa shape index (κ2) is 8.52. The molecule has 142 valence electrons. The molecule has 2 saturated carbocycles. The summed E-state index contributed by atoms with van der Waals surface area (Å²) in [5.74, 6) is 2.01. The van der Waals surface area contributed by atoms with Crippen LogP contribution in [0, 0.1) is 17.7 Å². The van der Waals surface area contributed by atoms with Gasteiger partial charge in [0.15, 0.2) is 5.96 Å². The van der Waals surface area contributed by atoms with E-state index >= 15 is 0 Å². The highest BCUT2D eigenvalue weighted by molar-refractivity contribution is 5.85. The fraction of sp³-hybridized carbons (Fsp3) is 0.600. The number of hydrogen-bond acceptors (Lipinski definition) is 2. The summed E-state index contributed by atoms with van der Waals surface area (Å²) in [6, 6.07) is 7.09. The summed E-state index contributed by atoms with van der Waals surface area (Å²) >= 11 is 0. The number of nitrogens with one attached hydrogen (secondary N) is 2. The van der Waals surface area contributed by atoms with E-state index in [0.717, 1.165) is 17.4 Å². The molecule has 3 unspecified atom stereocenters. The highest BCUT2D eigenvalue weighted by Gasteiger charge is 2.39.